The molecule has 1 aliphatic heterocycles. The number of carbonyl (C=O) groups is 2. The molecule has 0 bridgehead atoms. The first-order valence-corrected chi connectivity index (χ1v) is 12.9. The third-order valence-electron chi connectivity index (χ3n) is 7.23. The zero-order valence-corrected chi connectivity index (χ0v) is 22.6. The number of anilines is 1. The summed E-state index contributed by atoms with van der Waals surface area (Å²) >= 11 is 0. The van der Waals surface area contributed by atoms with E-state index in [9.17, 15) is 14.0 Å². The fourth-order valence-corrected chi connectivity index (χ4v) is 5.38. The Hall–Kier alpha value is -5.20. The van der Waals surface area contributed by atoms with E-state index in [4.69, 9.17) is 15.5 Å². The second-order valence-corrected chi connectivity index (χ2v) is 9.99. The van der Waals surface area contributed by atoms with E-state index in [2.05, 4.69) is 25.3 Å². The molecular weight excluding hydrogens is 529 g/mol. The van der Waals surface area contributed by atoms with Crippen molar-refractivity contribution in [2.45, 2.75) is 39.2 Å². The number of H-pyrrole nitrogens is 1. The molecule has 41 heavy (non-hydrogen) atoms. The zero-order valence-electron chi connectivity index (χ0n) is 22.6. The predicted octanol–water partition coefficient (Wildman–Crippen LogP) is 3.75. The number of aromatic amines is 1. The number of nitrogens with one attached hydrogen (secondary N) is 1. The van der Waals surface area contributed by atoms with Gasteiger partial charge in [-0.2, -0.15) is 9.61 Å². The normalized spacial score (nSPS) is 15.1. The summed E-state index contributed by atoms with van der Waals surface area (Å²) in [6.45, 7) is 3.39. The summed E-state index contributed by atoms with van der Waals surface area (Å²) in [7, 11) is 1.46. The molecule has 0 saturated heterocycles. The molecule has 3 N–H and O–H groups in total. The lowest BCUT2D eigenvalue weighted by Gasteiger charge is -2.23. The Kier molecular flexibility index (Phi) is 6.40. The standard InChI is InChI=1S/C28H26FN9O3/c1-14-6-19(37(12-14)28(40)26-32-13-33-36-26)4-5-21-23(15(2)39)25(30)38-27(35-21)20(11-34-38)17-7-16-8-18(29)9-22(41-3)24(16)31-10-17/h7-13,19H,4-6,30H2,1-3H3,(H,32,33,36). The summed E-state index contributed by atoms with van der Waals surface area (Å²) in [5.74, 6) is -0.325. The van der Waals surface area contributed by atoms with Gasteiger partial charge >= 0.3 is 0 Å². The summed E-state index contributed by atoms with van der Waals surface area (Å²) in [5.41, 5.74) is 10.5. The van der Waals surface area contributed by atoms with Crippen molar-refractivity contribution >= 4 is 34.1 Å². The fraction of sp³-hybridized carbons (Fsp3) is 0.250. The number of Topliss-reactive ketones (excluding diaryl/α,β-unsaturated/α-hetero) is 1. The molecule has 1 aromatic carbocycles. The number of benzene rings is 1. The maximum Gasteiger partial charge on any atom is 0.295 e. The SMILES string of the molecule is COc1cc(F)cc2cc(-c3cnn4c(N)c(C(C)=O)c(CCC5CC(C)=CN5C(=O)c5nnc[nH]5)nc34)cnc12. The lowest BCUT2D eigenvalue weighted by Crippen LogP contribution is -2.34. The van der Waals surface area contributed by atoms with Crippen molar-refractivity contribution in [3.63, 3.8) is 0 Å². The van der Waals surface area contributed by atoms with Gasteiger partial charge in [-0.15, -0.1) is 10.2 Å². The molecule has 0 saturated carbocycles. The van der Waals surface area contributed by atoms with Gasteiger partial charge in [0.2, 0.25) is 5.82 Å². The van der Waals surface area contributed by atoms with Gasteiger partial charge in [0.05, 0.1) is 24.6 Å². The first kappa shape index (κ1) is 26.0. The lowest BCUT2D eigenvalue weighted by molar-refractivity contribution is 0.0767. The molecule has 1 aliphatic rings. The highest BCUT2D eigenvalue weighted by Gasteiger charge is 2.31. The first-order chi connectivity index (χ1) is 19.7. The molecule has 1 amide bonds. The van der Waals surface area contributed by atoms with Crippen molar-refractivity contribution in [3.8, 4) is 16.9 Å². The number of fused-ring (bicyclic) bond motifs is 2. The Morgan fingerprint density at radius 1 is 1.24 bits per heavy atom. The van der Waals surface area contributed by atoms with E-state index in [0.29, 0.717) is 58.4 Å². The van der Waals surface area contributed by atoms with E-state index in [1.165, 1.54) is 37.0 Å². The van der Waals surface area contributed by atoms with Crippen LogP contribution in [0.5, 0.6) is 5.75 Å². The second kappa shape index (κ2) is 10.1. The molecule has 1 atom stereocenters. The first-order valence-electron chi connectivity index (χ1n) is 12.9. The quantitative estimate of drug-likeness (QED) is 0.285. The fourth-order valence-electron chi connectivity index (χ4n) is 5.38. The molecule has 4 aromatic heterocycles. The number of hydrogen-bond donors (Lipinski definition) is 2. The van der Waals surface area contributed by atoms with Crippen molar-refractivity contribution in [2.75, 3.05) is 12.8 Å². The van der Waals surface area contributed by atoms with Crippen LogP contribution >= 0.6 is 0 Å². The highest BCUT2D eigenvalue weighted by molar-refractivity contribution is 6.00. The number of aromatic nitrogens is 7. The Bertz CT molecular complexity index is 1860. The van der Waals surface area contributed by atoms with E-state index >= 15 is 0 Å². The molecule has 13 heteroatoms. The number of hydrogen-bond acceptors (Lipinski definition) is 9. The van der Waals surface area contributed by atoms with Crippen molar-refractivity contribution < 1.29 is 18.7 Å². The van der Waals surface area contributed by atoms with Gasteiger partial charge in [0.1, 0.15) is 29.2 Å². The largest absolute Gasteiger partial charge is 0.494 e. The number of methoxy groups -OCH3 is 1. The number of amides is 1. The van der Waals surface area contributed by atoms with E-state index in [1.54, 1.807) is 23.4 Å². The number of ether oxygens (including phenoxy) is 1. The summed E-state index contributed by atoms with van der Waals surface area (Å²) in [6, 6.07) is 4.28. The predicted molar refractivity (Wildman–Crippen MR) is 148 cm³/mol. The van der Waals surface area contributed by atoms with Crippen LogP contribution in [-0.4, -0.2) is 64.5 Å². The number of nitrogens with zero attached hydrogens (tertiary/aromatic N) is 7. The number of nitrogens with two attached hydrogens (primary N) is 1. The molecule has 0 spiro atoms. The van der Waals surface area contributed by atoms with E-state index in [0.717, 1.165) is 5.57 Å². The average molecular weight is 556 g/mol. The van der Waals surface area contributed by atoms with Crippen LogP contribution in [0.4, 0.5) is 10.2 Å². The van der Waals surface area contributed by atoms with Gasteiger partial charge in [-0.3, -0.25) is 14.6 Å². The molecule has 0 aliphatic carbocycles. The summed E-state index contributed by atoms with van der Waals surface area (Å²) < 4.78 is 20.9. The number of pyridine rings is 1. The molecular formula is C28H26FN9O3. The smallest absolute Gasteiger partial charge is 0.295 e. The molecule has 0 fully saturated rings. The highest BCUT2D eigenvalue weighted by atomic mass is 19.1. The Morgan fingerprint density at radius 2 is 2.07 bits per heavy atom. The number of nitrogen functional groups attached to an aromatic ring is 1. The topological polar surface area (TPSA) is 157 Å². The van der Waals surface area contributed by atoms with Crippen LogP contribution in [0.1, 0.15) is 53.4 Å². The van der Waals surface area contributed by atoms with Crippen LogP contribution in [0.2, 0.25) is 0 Å². The number of ketones is 1. The van der Waals surface area contributed by atoms with Gasteiger partial charge in [0.15, 0.2) is 11.4 Å². The van der Waals surface area contributed by atoms with Gasteiger partial charge in [0, 0.05) is 41.0 Å². The van der Waals surface area contributed by atoms with E-state index in [1.807, 2.05) is 13.1 Å². The zero-order chi connectivity index (χ0) is 28.8. The second-order valence-electron chi connectivity index (χ2n) is 9.99. The minimum absolute atomic E-state index is 0.152. The van der Waals surface area contributed by atoms with Gasteiger partial charge in [-0.05, 0) is 45.2 Å². The Morgan fingerprint density at radius 3 is 2.80 bits per heavy atom. The summed E-state index contributed by atoms with van der Waals surface area (Å²) in [6.07, 6.45) is 7.97. The molecule has 5 aromatic rings. The van der Waals surface area contributed by atoms with Gasteiger partial charge < -0.3 is 20.4 Å². The Balaban J connectivity index is 1.37. The molecule has 208 valence electrons. The maximum atomic E-state index is 14.2. The maximum absolute atomic E-state index is 14.2. The number of aryl methyl sites for hydroxylation is 1. The number of rotatable bonds is 7. The van der Waals surface area contributed by atoms with Crippen LogP contribution in [0.15, 0.2) is 48.7 Å². The van der Waals surface area contributed by atoms with Crippen LogP contribution in [0, 0.1) is 5.82 Å². The monoisotopic (exact) mass is 555 g/mol. The van der Waals surface area contributed by atoms with Crippen molar-refractivity contribution in [3.05, 3.63) is 71.6 Å². The van der Waals surface area contributed by atoms with E-state index in [-0.39, 0.29) is 34.9 Å². The Labute approximate surface area is 233 Å². The molecule has 6 rings (SSSR count). The van der Waals surface area contributed by atoms with E-state index < -0.39 is 5.82 Å². The molecule has 0 radical (unpaired) electrons. The number of carbonyl (C=O) groups excluding carboxylic acids is 2. The van der Waals surface area contributed by atoms with Crippen LogP contribution in [0.25, 0.3) is 27.7 Å². The van der Waals surface area contributed by atoms with Crippen molar-refractivity contribution in [2.24, 2.45) is 0 Å². The molecule has 5 heterocycles. The average Bonchev–Trinajstić information content (AvgIpc) is 3.70. The van der Waals surface area contributed by atoms with Crippen molar-refractivity contribution in [1.29, 1.82) is 0 Å². The minimum atomic E-state index is -0.448. The van der Waals surface area contributed by atoms with Crippen molar-refractivity contribution in [1.82, 2.24) is 39.7 Å². The summed E-state index contributed by atoms with van der Waals surface area (Å²) in [5, 5.41) is 12.5. The van der Waals surface area contributed by atoms with Gasteiger partial charge in [-0.25, -0.2) is 9.37 Å². The lowest BCUT2D eigenvalue weighted by atomic mass is 10.0. The third kappa shape index (κ3) is 4.54. The summed E-state index contributed by atoms with van der Waals surface area (Å²) in [4.78, 5) is 39.5. The van der Waals surface area contributed by atoms with Crippen LogP contribution in [0.3, 0.4) is 0 Å². The third-order valence-corrected chi connectivity index (χ3v) is 7.23. The van der Waals surface area contributed by atoms with Crippen LogP contribution in [-0.2, 0) is 6.42 Å². The minimum Gasteiger partial charge on any atom is -0.494 e. The highest BCUT2D eigenvalue weighted by Crippen LogP contribution is 2.33. The molecule has 12 nitrogen and oxygen atoms in total. The van der Waals surface area contributed by atoms with Gasteiger partial charge in [0.25, 0.3) is 5.91 Å². The molecule has 1 unspecified atom stereocenters. The van der Waals surface area contributed by atoms with Crippen LogP contribution < -0.4 is 10.5 Å². The van der Waals surface area contributed by atoms with Gasteiger partial charge in [-0.1, -0.05) is 5.57 Å². The number of halogens is 1.